The van der Waals surface area contributed by atoms with Crippen LogP contribution in [0, 0.1) is 0 Å². The average Bonchev–Trinajstić information content (AvgIpc) is 3.18. The van der Waals surface area contributed by atoms with Crippen molar-refractivity contribution in [1.29, 1.82) is 0 Å². The second-order valence-corrected chi connectivity index (χ2v) is 5.85. The lowest BCUT2D eigenvalue weighted by atomic mass is 10.2. The number of methoxy groups -OCH3 is 1. The van der Waals surface area contributed by atoms with Gasteiger partial charge in [0.25, 0.3) is 11.8 Å². The summed E-state index contributed by atoms with van der Waals surface area (Å²) in [5.41, 5.74) is 5.22. The number of carbonyl (C=O) groups excluding carboxylic acids is 2. The van der Waals surface area contributed by atoms with E-state index in [0.29, 0.717) is 5.75 Å². The highest BCUT2D eigenvalue weighted by Gasteiger charge is 2.15. The van der Waals surface area contributed by atoms with Crippen molar-refractivity contribution in [3.8, 4) is 17.2 Å². The summed E-state index contributed by atoms with van der Waals surface area (Å²) in [7, 11) is 1.57. The topological polar surface area (TPSA) is 105 Å². The first-order valence-electron chi connectivity index (χ1n) is 7.77. The molecule has 1 aromatic heterocycles. The molecule has 138 valence electrons. The van der Waals surface area contributed by atoms with Crippen molar-refractivity contribution in [2.75, 3.05) is 7.11 Å². The minimum atomic E-state index is -0.710. The molecule has 1 heterocycles. The molecule has 0 atom stereocenters. The zero-order valence-corrected chi connectivity index (χ0v) is 14.9. The minimum Gasteiger partial charge on any atom is -0.507 e. The van der Waals surface area contributed by atoms with Crippen LogP contribution < -0.4 is 15.6 Å². The van der Waals surface area contributed by atoms with Crippen LogP contribution in [0.25, 0.3) is 5.69 Å². The number of carbonyl (C=O) groups is 2. The van der Waals surface area contributed by atoms with E-state index in [1.54, 1.807) is 37.6 Å². The third-order valence-corrected chi connectivity index (χ3v) is 3.89. The quantitative estimate of drug-likeness (QED) is 0.597. The van der Waals surface area contributed by atoms with Gasteiger partial charge < -0.3 is 9.84 Å². The first kappa shape index (κ1) is 18.3. The van der Waals surface area contributed by atoms with Gasteiger partial charge in [0.05, 0.1) is 18.4 Å². The lowest BCUT2D eigenvalue weighted by molar-refractivity contribution is 0.0842. The lowest BCUT2D eigenvalue weighted by Gasteiger charge is -2.08. The SMILES string of the molecule is COc1ccc(-n2ccc(C(=O)NNC(=O)c3cc(Cl)ccc3O)n2)cc1. The average molecular weight is 387 g/mol. The number of phenols is 1. The first-order valence-corrected chi connectivity index (χ1v) is 8.15. The normalized spacial score (nSPS) is 10.3. The number of hydrazine groups is 1. The van der Waals surface area contributed by atoms with E-state index in [1.807, 2.05) is 0 Å². The molecule has 0 saturated heterocycles. The third-order valence-electron chi connectivity index (χ3n) is 3.65. The highest BCUT2D eigenvalue weighted by molar-refractivity contribution is 6.31. The highest BCUT2D eigenvalue weighted by Crippen LogP contribution is 2.21. The summed E-state index contributed by atoms with van der Waals surface area (Å²) in [6.45, 7) is 0. The molecule has 3 aromatic rings. The van der Waals surface area contributed by atoms with Gasteiger partial charge in [-0.3, -0.25) is 20.4 Å². The number of aromatic hydroxyl groups is 1. The fourth-order valence-electron chi connectivity index (χ4n) is 2.26. The Morgan fingerprint density at radius 2 is 1.78 bits per heavy atom. The van der Waals surface area contributed by atoms with Crippen LogP contribution in [0.4, 0.5) is 0 Å². The van der Waals surface area contributed by atoms with E-state index in [2.05, 4.69) is 16.0 Å². The van der Waals surface area contributed by atoms with Crippen LogP contribution >= 0.6 is 11.6 Å². The molecule has 0 saturated carbocycles. The minimum absolute atomic E-state index is 0.0634. The Morgan fingerprint density at radius 3 is 2.48 bits per heavy atom. The van der Waals surface area contributed by atoms with Gasteiger partial charge in [-0.2, -0.15) is 5.10 Å². The second-order valence-electron chi connectivity index (χ2n) is 5.41. The maximum absolute atomic E-state index is 12.2. The van der Waals surface area contributed by atoms with Crippen LogP contribution in [0.3, 0.4) is 0 Å². The molecule has 27 heavy (non-hydrogen) atoms. The zero-order valence-electron chi connectivity index (χ0n) is 14.1. The molecule has 3 N–H and O–H groups in total. The molecular weight excluding hydrogens is 372 g/mol. The number of phenolic OH excluding ortho intramolecular Hbond substituents is 1. The molecule has 0 radical (unpaired) electrons. The van der Waals surface area contributed by atoms with Crippen LogP contribution in [0.2, 0.25) is 5.02 Å². The first-order chi connectivity index (χ1) is 13.0. The summed E-state index contributed by atoms with van der Waals surface area (Å²) < 4.78 is 6.61. The molecule has 0 unspecified atom stereocenters. The summed E-state index contributed by atoms with van der Waals surface area (Å²) in [4.78, 5) is 24.2. The van der Waals surface area contributed by atoms with Gasteiger partial charge in [-0.15, -0.1) is 0 Å². The van der Waals surface area contributed by atoms with Gasteiger partial charge in [-0.1, -0.05) is 11.6 Å². The van der Waals surface area contributed by atoms with Gasteiger partial charge in [0.2, 0.25) is 0 Å². The number of ether oxygens (including phenoxy) is 1. The Labute approximate surface area is 159 Å². The predicted octanol–water partition coefficient (Wildman–Crippen LogP) is 2.31. The van der Waals surface area contributed by atoms with E-state index < -0.39 is 11.8 Å². The van der Waals surface area contributed by atoms with Crippen molar-refractivity contribution in [3.63, 3.8) is 0 Å². The summed E-state index contributed by atoms with van der Waals surface area (Å²) in [5.74, 6) is -0.874. The van der Waals surface area contributed by atoms with Gasteiger partial charge in [-0.25, -0.2) is 4.68 Å². The number of hydrogen-bond donors (Lipinski definition) is 3. The van der Waals surface area contributed by atoms with Crippen molar-refractivity contribution in [2.24, 2.45) is 0 Å². The lowest BCUT2D eigenvalue weighted by Crippen LogP contribution is -2.41. The maximum atomic E-state index is 12.2. The van der Waals surface area contributed by atoms with Crippen LogP contribution in [0.1, 0.15) is 20.8 Å². The molecule has 9 heteroatoms. The van der Waals surface area contributed by atoms with Crippen LogP contribution in [-0.4, -0.2) is 33.8 Å². The molecule has 2 aromatic carbocycles. The molecule has 2 amide bonds. The predicted molar refractivity (Wildman–Crippen MR) is 98.2 cm³/mol. The fourth-order valence-corrected chi connectivity index (χ4v) is 2.43. The number of hydrogen-bond acceptors (Lipinski definition) is 5. The van der Waals surface area contributed by atoms with Gasteiger partial charge in [0.1, 0.15) is 11.5 Å². The standard InChI is InChI=1S/C18H15ClN4O4/c1-27-13-5-3-12(4-6-13)23-9-8-15(22-23)18(26)21-20-17(25)14-10-11(19)2-7-16(14)24/h2-10,24H,1H3,(H,20,25)(H,21,26). The van der Waals surface area contributed by atoms with Gasteiger partial charge in [0, 0.05) is 11.2 Å². The van der Waals surface area contributed by atoms with Gasteiger partial charge in [-0.05, 0) is 48.5 Å². The highest BCUT2D eigenvalue weighted by atomic mass is 35.5. The summed E-state index contributed by atoms with van der Waals surface area (Å²) in [6.07, 6.45) is 1.61. The Kier molecular flexibility index (Phi) is 5.28. The summed E-state index contributed by atoms with van der Waals surface area (Å²) >= 11 is 5.80. The van der Waals surface area contributed by atoms with E-state index in [4.69, 9.17) is 16.3 Å². The smallest absolute Gasteiger partial charge is 0.290 e. The second kappa shape index (κ2) is 7.79. The van der Waals surface area contributed by atoms with Crippen LogP contribution in [0.15, 0.2) is 54.7 Å². The largest absolute Gasteiger partial charge is 0.507 e. The number of halogens is 1. The number of nitrogens with zero attached hydrogens (tertiary/aromatic N) is 2. The number of nitrogens with one attached hydrogen (secondary N) is 2. The number of amides is 2. The number of benzene rings is 2. The Morgan fingerprint density at radius 1 is 1.07 bits per heavy atom. The van der Waals surface area contributed by atoms with Crippen molar-refractivity contribution >= 4 is 23.4 Å². The van der Waals surface area contributed by atoms with E-state index in [1.165, 1.54) is 28.9 Å². The molecule has 0 fully saturated rings. The molecule has 3 rings (SSSR count). The molecule has 0 aliphatic rings. The van der Waals surface area contributed by atoms with E-state index >= 15 is 0 Å². The monoisotopic (exact) mass is 386 g/mol. The number of aromatic nitrogens is 2. The number of rotatable bonds is 4. The Bertz CT molecular complexity index is 985. The molecular formula is C18H15ClN4O4. The van der Waals surface area contributed by atoms with Crippen LogP contribution in [0.5, 0.6) is 11.5 Å². The molecule has 8 nitrogen and oxygen atoms in total. The molecule has 0 spiro atoms. The van der Waals surface area contributed by atoms with Gasteiger partial charge in [0.15, 0.2) is 5.69 Å². The summed E-state index contributed by atoms with van der Waals surface area (Å²) in [5, 5.41) is 14.1. The molecule has 0 bridgehead atoms. The van der Waals surface area contributed by atoms with Gasteiger partial charge >= 0.3 is 0 Å². The van der Waals surface area contributed by atoms with Crippen molar-refractivity contribution in [3.05, 3.63) is 71.0 Å². The van der Waals surface area contributed by atoms with Crippen molar-refractivity contribution in [1.82, 2.24) is 20.6 Å². The van der Waals surface area contributed by atoms with E-state index in [0.717, 1.165) is 5.69 Å². The molecule has 0 aliphatic carbocycles. The third kappa shape index (κ3) is 4.18. The molecule has 0 aliphatic heterocycles. The van der Waals surface area contributed by atoms with E-state index in [9.17, 15) is 14.7 Å². The maximum Gasteiger partial charge on any atom is 0.290 e. The Hall–Kier alpha value is -3.52. The Balaban J connectivity index is 1.65. The summed E-state index contributed by atoms with van der Waals surface area (Å²) in [6, 6.07) is 12.6. The zero-order chi connectivity index (χ0) is 19.4. The van der Waals surface area contributed by atoms with E-state index in [-0.39, 0.29) is 22.0 Å². The van der Waals surface area contributed by atoms with Crippen molar-refractivity contribution < 1.29 is 19.4 Å². The van der Waals surface area contributed by atoms with Crippen LogP contribution in [-0.2, 0) is 0 Å². The fraction of sp³-hybridized carbons (Fsp3) is 0.0556. The van der Waals surface area contributed by atoms with Crippen molar-refractivity contribution in [2.45, 2.75) is 0 Å².